The Morgan fingerprint density at radius 2 is 2.36 bits per heavy atom. The maximum absolute atomic E-state index is 10.7. The van der Waals surface area contributed by atoms with E-state index in [1.807, 2.05) is 0 Å². The fourth-order valence-electron chi connectivity index (χ4n) is 2.45. The first-order chi connectivity index (χ1) is 5.12. The largest absolute Gasteiger partial charge is 0.370 e. The van der Waals surface area contributed by atoms with Crippen molar-refractivity contribution < 1.29 is 4.79 Å². The molecule has 0 aromatic rings. The van der Waals surface area contributed by atoms with Gasteiger partial charge in [-0.15, -0.1) is 0 Å². The first kappa shape index (κ1) is 7.10. The van der Waals surface area contributed by atoms with Crippen LogP contribution in [0.5, 0.6) is 0 Å². The van der Waals surface area contributed by atoms with Crippen LogP contribution in [0, 0.1) is 11.8 Å². The van der Waals surface area contributed by atoms with E-state index >= 15 is 0 Å². The van der Waals surface area contributed by atoms with E-state index in [4.69, 9.17) is 11.5 Å². The predicted octanol–water partition coefficient (Wildman–Crippen LogP) is -0.0108. The molecule has 0 spiro atoms. The van der Waals surface area contributed by atoms with Crippen LogP contribution in [0.15, 0.2) is 0 Å². The Kier molecular flexibility index (Phi) is 1.27. The van der Waals surface area contributed by atoms with Crippen LogP contribution in [0.3, 0.4) is 0 Å². The lowest BCUT2D eigenvalue weighted by atomic mass is 9.90. The fraction of sp³-hybridized carbons (Fsp3) is 0.875. The minimum Gasteiger partial charge on any atom is -0.370 e. The Morgan fingerprint density at radius 1 is 1.64 bits per heavy atom. The highest BCUT2D eigenvalue weighted by molar-refractivity contribution is 5.75. The molecule has 1 amide bonds. The van der Waals surface area contributed by atoms with Crippen molar-refractivity contribution in [3.8, 4) is 0 Å². The molecular formula is C8H14N2O. The molecule has 0 heterocycles. The topological polar surface area (TPSA) is 69.1 Å². The van der Waals surface area contributed by atoms with Crippen molar-refractivity contribution in [3.05, 3.63) is 0 Å². The van der Waals surface area contributed by atoms with Gasteiger partial charge in [0.1, 0.15) is 0 Å². The smallest absolute Gasteiger partial charge is 0.219 e. The molecule has 1 unspecified atom stereocenters. The van der Waals surface area contributed by atoms with Gasteiger partial charge in [0.15, 0.2) is 0 Å². The third-order valence-corrected chi connectivity index (χ3v) is 3.14. The number of rotatable bonds is 2. The van der Waals surface area contributed by atoms with Gasteiger partial charge < -0.3 is 11.5 Å². The van der Waals surface area contributed by atoms with Crippen molar-refractivity contribution in [3.63, 3.8) is 0 Å². The summed E-state index contributed by atoms with van der Waals surface area (Å²) < 4.78 is 0. The molecule has 3 nitrogen and oxygen atoms in total. The molecule has 2 saturated carbocycles. The average Bonchev–Trinajstić information content (AvgIpc) is 2.55. The third kappa shape index (κ3) is 1.03. The lowest BCUT2D eigenvalue weighted by molar-refractivity contribution is -0.119. The van der Waals surface area contributed by atoms with Gasteiger partial charge in [-0.25, -0.2) is 0 Å². The molecule has 2 fully saturated rings. The zero-order valence-corrected chi connectivity index (χ0v) is 6.55. The molecule has 2 aliphatic rings. The second-order valence-corrected chi connectivity index (χ2v) is 4.02. The van der Waals surface area contributed by atoms with Crippen LogP contribution in [0.2, 0.25) is 0 Å². The van der Waals surface area contributed by atoms with Crippen molar-refractivity contribution in [2.75, 3.05) is 0 Å². The van der Waals surface area contributed by atoms with E-state index in [0.29, 0.717) is 12.3 Å². The van der Waals surface area contributed by atoms with E-state index in [1.54, 1.807) is 0 Å². The van der Waals surface area contributed by atoms with Crippen molar-refractivity contribution in [2.24, 2.45) is 23.3 Å². The maximum Gasteiger partial charge on any atom is 0.219 e. The van der Waals surface area contributed by atoms with Crippen molar-refractivity contribution >= 4 is 5.91 Å². The number of carbonyl (C=O) groups is 1. The van der Waals surface area contributed by atoms with E-state index in [2.05, 4.69) is 0 Å². The number of nitrogens with two attached hydrogens (primary N) is 2. The Bertz CT molecular complexity index is 204. The summed E-state index contributed by atoms with van der Waals surface area (Å²) >= 11 is 0. The number of primary amides is 1. The molecule has 0 bridgehead atoms. The Balaban J connectivity index is 2.04. The third-order valence-electron chi connectivity index (χ3n) is 3.14. The number of amides is 1. The van der Waals surface area contributed by atoms with Crippen LogP contribution in [-0.4, -0.2) is 11.4 Å². The van der Waals surface area contributed by atoms with Gasteiger partial charge in [0, 0.05) is 12.0 Å². The minimum absolute atomic E-state index is 0.226. The minimum atomic E-state index is -0.250. The molecule has 62 valence electrons. The summed E-state index contributed by atoms with van der Waals surface area (Å²) in [5.74, 6) is 1.18. The van der Waals surface area contributed by atoms with Gasteiger partial charge >= 0.3 is 0 Å². The summed E-state index contributed by atoms with van der Waals surface area (Å²) in [7, 11) is 0. The second kappa shape index (κ2) is 1.97. The number of fused-ring (bicyclic) bond motifs is 1. The zero-order valence-electron chi connectivity index (χ0n) is 6.55. The van der Waals surface area contributed by atoms with E-state index in [0.717, 1.165) is 12.3 Å². The van der Waals surface area contributed by atoms with E-state index in [1.165, 1.54) is 12.8 Å². The van der Waals surface area contributed by atoms with Crippen molar-refractivity contribution in [2.45, 2.75) is 31.2 Å². The SMILES string of the molecule is NC(=O)CC1(N)CC[C@H]2C[C@H]21. The number of hydrogen-bond donors (Lipinski definition) is 2. The molecule has 2 rings (SSSR count). The summed E-state index contributed by atoms with van der Waals surface area (Å²) in [5.41, 5.74) is 10.9. The highest BCUT2D eigenvalue weighted by atomic mass is 16.1. The first-order valence-electron chi connectivity index (χ1n) is 4.19. The highest BCUT2D eigenvalue weighted by Gasteiger charge is 2.56. The van der Waals surface area contributed by atoms with Crippen LogP contribution in [-0.2, 0) is 4.79 Å². The van der Waals surface area contributed by atoms with Gasteiger partial charge in [-0.1, -0.05) is 0 Å². The number of carbonyl (C=O) groups excluding carboxylic acids is 1. The molecule has 0 saturated heterocycles. The maximum atomic E-state index is 10.7. The Labute approximate surface area is 66.1 Å². The number of hydrogen-bond acceptors (Lipinski definition) is 2. The average molecular weight is 154 g/mol. The quantitative estimate of drug-likeness (QED) is 0.587. The molecule has 0 aromatic heterocycles. The molecule has 11 heavy (non-hydrogen) atoms. The fourth-order valence-corrected chi connectivity index (χ4v) is 2.45. The van der Waals surface area contributed by atoms with E-state index in [9.17, 15) is 4.79 Å². The Hall–Kier alpha value is -0.570. The predicted molar refractivity (Wildman–Crippen MR) is 41.6 cm³/mol. The van der Waals surface area contributed by atoms with Crippen LogP contribution < -0.4 is 11.5 Å². The molecule has 3 atom stereocenters. The highest BCUT2D eigenvalue weighted by Crippen LogP contribution is 2.57. The van der Waals surface area contributed by atoms with E-state index < -0.39 is 0 Å². The molecule has 2 aliphatic carbocycles. The van der Waals surface area contributed by atoms with Crippen molar-refractivity contribution in [1.29, 1.82) is 0 Å². The molecule has 4 N–H and O–H groups in total. The van der Waals surface area contributed by atoms with Gasteiger partial charge in [0.05, 0.1) is 0 Å². The molecular weight excluding hydrogens is 140 g/mol. The summed E-state index contributed by atoms with van der Waals surface area (Å²) in [5, 5.41) is 0. The van der Waals surface area contributed by atoms with Gasteiger partial charge in [-0.05, 0) is 31.1 Å². The lowest BCUT2D eigenvalue weighted by Gasteiger charge is -2.23. The zero-order chi connectivity index (χ0) is 8.06. The van der Waals surface area contributed by atoms with Gasteiger partial charge in [-0.2, -0.15) is 0 Å². The lowest BCUT2D eigenvalue weighted by Crippen LogP contribution is -2.43. The summed E-state index contributed by atoms with van der Waals surface area (Å²) in [6.45, 7) is 0. The van der Waals surface area contributed by atoms with Gasteiger partial charge in [0.2, 0.25) is 5.91 Å². The standard InChI is InChI=1S/C8H14N2O/c9-7(11)4-8(10)2-1-5-3-6(5)8/h5-6H,1-4,10H2,(H2,9,11)/t5-,6+,8?/m0/s1. The van der Waals surface area contributed by atoms with Gasteiger partial charge in [-0.3, -0.25) is 4.79 Å². The first-order valence-corrected chi connectivity index (χ1v) is 4.19. The Morgan fingerprint density at radius 3 is 2.73 bits per heavy atom. The molecule has 3 heteroatoms. The van der Waals surface area contributed by atoms with Crippen LogP contribution in [0.1, 0.15) is 25.7 Å². The summed E-state index contributed by atoms with van der Waals surface area (Å²) in [4.78, 5) is 10.7. The van der Waals surface area contributed by atoms with Crippen LogP contribution in [0.25, 0.3) is 0 Å². The normalized spacial score (nSPS) is 47.0. The monoisotopic (exact) mass is 154 g/mol. The second-order valence-electron chi connectivity index (χ2n) is 4.02. The van der Waals surface area contributed by atoms with Gasteiger partial charge in [0.25, 0.3) is 0 Å². The molecule has 0 aromatic carbocycles. The summed E-state index contributed by atoms with van der Waals surface area (Å²) in [6, 6.07) is 0. The van der Waals surface area contributed by atoms with Crippen molar-refractivity contribution in [1.82, 2.24) is 0 Å². The molecule has 0 radical (unpaired) electrons. The van der Waals surface area contributed by atoms with Crippen LogP contribution >= 0.6 is 0 Å². The molecule has 0 aliphatic heterocycles. The van der Waals surface area contributed by atoms with E-state index in [-0.39, 0.29) is 11.4 Å². The van der Waals surface area contributed by atoms with Crippen LogP contribution in [0.4, 0.5) is 0 Å². The summed E-state index contributed by atoms with van der Waals surface area (Å²) in [6.07, 6.45) is 3.80.